The zero-order valence-electron chi connectivity index (χ0n) is 13.2. The smallest absolute Gasteiger partial charge is 0.270 e. The van der Waals surface area contributed by atoms with Crippen LogP contribution in [0, 0.1) is 10.1 Å². The number of para-hydroxylation sites is 1. The molecule has 1 heterocycles. The van der Waals surface area contributed by atoms with E-state index in [2.05, 4.69) is 25.7 Å². The van der Waals surface area contributed by atoms with Crippen LogP contribution in [-0.4, -0.2) is 26.3 Å². The molecule has 0 unspecified atom stereocenters. The zero-order chi connectivity index (χ0) is 18.5. The van der Waals surface area contributed by atoms with Gasteiger partial charge in [-0.2, -0.15) is 5.10 Å². The fourth-order valence-corrected chi connectivity index (χ4v) is 2.31. The lowest BCUT2D eigenvalue weighted by molar-refractivity contribution is -0.384. The maximum Gasteiger partial charge on any atom is 0.270 e. The summed E-state index contributed by atoms with van der Waals surface area (Å²) in [5, 5.41) is 32.9. The van der Waals surface area contributed by atoms with Gasteiger partial charge in [0.25, 0.3) is 5.69 Å². The molecule has 0 spiro atoms. The van der Waals surface area contributed by atoms with Crippen molar-refractivity contribution in [2.45, 2.75) is 0 Å². The molecule has 0 saturated heterocycles. The number of aromatic hydroxyl groups is 1. The summed E-state index contributed by atoms with van der Waals surface area (Å²) in [4.78, 5) is 13.0. The number of nitrogens with one attached hydrogen (secondary N) is 2. The van der Waals surface area contributed by atoms with Gasteiger partial charge in [-0.15, -0.1) is 10.2 Å². The third-order valence-electron chi connectivity index (χ3n) is 3.36. The average molecular weight is 368 g/mol. The summed E-state index contributed by atoms with van der Waals surface area (Å²) >= 11 is 4.99. The van der Waals surface area contributed by atoms with Crippen molar-refractivity contribution >= 4 is 45.8 Å². The Labute approximate surface area is 152 Å². The van der Waals surface area contributed by atoms with Gasteiger partial charge in [-0.1, -0.05) is 30.3 Å². The van der Waals surface area contributed by atoms with Gasteiger partial charge in [-0.3, -0.25) is 15.5 Å². The number of fused-ring (bicyclic) bond motifs is 1. The highest BCUT2D eigenvalue weighted by molar-refractivity contribution is 7.80. The number of nitro benzene ring substituents is 1. The molecule has 0 saturated carbocycles. The summed E-state index contributed by atoms with van der Waals surface area (Å²) in [6.07, 6.45) is 1.37. The Morgan fingerprint density at radius 2 is 2.08 bits per heavy atom. The summed E-state index contributed by atoms with van der Waals surface area (Å²) in [6, 6.07) is 13.2. The van der Waals surface area contributed by atoms with Crippen LogP contribution < -0.4 is 5.43 Å². The van der Waals surface area contributed by atoms with Crippen molar-refractivity contribution in [3.63, 3.8) is 0 Å². The first-order valence-electron chi connectivity index (χ1n) is 7.33. The number of aromatic amines is 1. The van der Waals surface area contributed by atoms with E-state index in [0.29, 0.717) is 10.9 Å². The van der Waals surface area contributed by atoms with Crippen LogP contribution in [0.15, 0.2) is 63.9 Å². The van der Waals surface area contributed by atoms with Crippen molar-refractivity contribution in [2.24, 2.45) is 15.3 Å². The van der Waals surface area contributed by atoms with Gasteiger partial charge in [0.2, 0.25) is 11.0 Å². The molecule has 0 radical (unpaired) electrons. The van der Waals surface area contributed by atoms with Crippen LogP contribution in [0.5, 0.6) is 5.88 Å². The van der Waals surface area contributed by atoms with E-state index in [0.717, 1.165) is 5.52 Å². The zero-order valence-corrected chi connectivity index (χ0v) is 14.0. The Kier molecular flexibility index (Phi) is 4.94. The highest BCUT2D eigenvalue weighted by atomic mass is 32.1. The van der Waals surface area contributed by atoms with Crippen LogP contribution in [0.25, 0.3) is 10.9 Å². The van der Waals surface area contributed by atoms with Crippen molar-refractivity contribution in [1.82, 2.24) is 10.4 Å². The van der Waals surface area contributed by atoms with Gasteiger partial charge >= 0.3 is 0 Å². The van der Waals surface area contributed by atoms with Crippen LogP contribution in [0.3, 0.4) is 0 Å². The van der Waals surface area contributed by atoms with Gasteiger partial charge in [0.1, 0.15) is 0 Å². The van der Waals surface area contributed by atoms with Crippen LogP contribution in [0.2, 0.25) is 0 Å². The monoisotopic (exact) mass is 368 g/mol. The fraction of sp³-hybridized carbons (Fsp3) is 0. The molecule has 0 atom stereocenters. The minimum absolute atomic E-state index is 0.0311. The second-order valence-electron chi connectivity index (χ2n) is 5.10. The lowest BCUT2D eigenvalue weighted by atomic mass is 10.2. The molecule has 10 heteroatoms. The second-order valence-corrected chi connectivity index (χ2v) is 5.48. The molecule has 0 amide bonds. The Hall–Kier alpha value is -3.66. The van der Waals surface area contributed by atoms with Crippen LogP contribution in [0.1, 0.15) is 5.56 Å². The minimum atomic E-state index is -0.489. The largest absolute Gasteiger partial charge is 0.493 e. The number of rotatable bonds is 4. The molecule has 2 aromatic carbocycles. The molecule has 3 rings (SSSR count). The van der Waals surface area contributed by atoms with E-state index >= 15 is 0 Å². The topological polar surface area (TPSA) is 128 Å². The molecule has 130 valence electrons. The lowest BCUT2D eigenvalue weighted by Crippen LogP contribution is -2.11. The predicted molar refractivity (Wildman–Crippen MR) is 101 cm³/mol. The van der Waals surface area contributed by atoms with Gasteiger partial charge < -0.3 is 10.1 Å². The fourth-order valence-electron chi connectivity index (χ4n) is 2.21. The van der Waals surface area contributed by atoms with Crippen LogP contribution >= 0.6 is 12.2 Å². The number of nitrogens with zero attached hydrogens (tertiary/aromatic N) is 4. The number of aromatic nitrogens is 1. The summed E-state index contributed by atoms with van der Waals surface area (Å²) in [6.45, 7) is 0. The average Bonchev–Trinajstić information content (AvgIpc) is 2.95. The van der Waals surface area contributed by atoms with Gasteiger partial charge in [0.15, 0.2) is 5.69 Å². The Morgan fingerprint density at radius 1 is 1.27 bits per heavy atom. The number of benzene rings is 2. The molecule has 0 aliphatic heterocycles. The third-order valence-corrected chi connectivity index (χ3v) is 3.53. The van der Waals surface area contributed by atoms with E-state index in [9.17, 15) is 15.2 Å². The molecule has 3 aromatic rings. The summed E-state index contributed by atoms with van der Waals surface area (Å²) in [5.41, 5.74) is 3.98. The van der Waals surface area contributed by atoms with E-state index in [-0.39, 0.29) is 22.4 Å². The van der Waals surface area contributed by atoms with E-state index in [1.54, 1.807) is 24.3 Å². The number of H-pyrrole nitrogens is 1. The van der Waals surface area contributed by atoms with Crippen molar-refractivity contribution < 1.29 is 10.0 Å². The summed E-state index contributed by atoms with van der Waals surface area (Å²) in [5.74, 6) is -0.113. The van der Waals surface area contributed by atoms with Crippen molar-refractivity contribution in [2.75, 3.05) is 0 Å². The standard InChI is InChI=1S/C16H12N6O3S/c23-15-14(12-6-1-2-7-13(12)18-15)19-21-16(26)20-17-9-10-4-3-5-11(8-10)22(24)25/h1-9,18,23H,(H,20,26)/b17-9+,21-19?. The molecule has 0 aliphatic rings. The molecule has 3 N–H and O–H groups in total. The van der Waals surface area contributed by atoms with Gasteiger partial charge in [0.05, 0.1) is 16.7 Å². The number of hydrogen-bond acceptors (Lipinski definition) is 6. The highest BCUT2D eigenvalue weighted by Crippen LogP contribution is 2.35. The van der Waals surface area contributed by atoms with Gasteiger partial charge in [0, 0.05) is 23.1 Å². The van der Waals surface area contributed by atoms with Crippen LogP contribution in [-0.2, 0) is 0 Å². The number of non-ortho nitro benzene ring substituents is 1. The lowest BCUT2D eigenvalue weighted by Gasteiger charge is -1.96. The quantitative estimate of drug-likeness (QED) is 0.212. The van der Waals surface area contributed by atoms with Crippen LogP contribution in [0.4, 0.5) is 11.4 Å². The number of thiocarbonyl (C=S) groups is 1. The first-order valence-corrected chi connectivity index (χ1v) is 7.74. The molecule has 9 nitrogen and oxygen atoms in total. The molecular formula is C16H12N6O3S. The van der Waals surface area contributed by atoms with E-state index in [1.165, 1.54) is 18.3 Å². The Morgan fingerprint density at radius 3 is 2.88 bits per heavy atom. The number of hydrazone groups is 1. The first-order chi connectivity index (χ1) is 12.5. The number of hydrogen-bond donors (Lipinski definition) is 3. The first kappa shape index (κ1) is 17.2. The van der Waals surface area contributed by atoms with Crippen molar-refractivity contribution in [1.29, 1.82) is 0 Å². The predicted octanol–water partition coefficient (Wildman–Crippen LogP) is 3.77. The molecule has 0 aliphatic carbocycles. The Balaban J connectivity index is 1.67. The minimum Gasteiger partial charge on any atom is -0.493 e. The van der Waals surface area contributed by atoms with E-state index in [1.807, 2.05) is 12.1 Å². The molecule has 0 bridgehead atoms. The normalized spacial score (nSPS) is 11.4. The van der Waals surface area contributed by atoms with Gasteiger partial charge in [-0.25, -0.2) is 0 Å². The van der Waals surface area contributed by atoms with E-state index < -0.39 is 4.92 Å². The third kappa shape index (κ3) is 3.87. The molecule has 0 fully saturated rings. The number of azo groups is 1. The molecular weight excluding hydrogens is 356 g/mol. The maximum atomic E-state index is 10.7. The molecule has 1 aromatic heterocycles. The summed E-state index contributed by atoms with van der Waals surface area (Å²) in [7, 11) is 0. The van der Waals surface area contributed by atoms with E-state index in [4.69, 9.17) is 12.2 Å². The summed E-state index contributed by atoms with van der Waals surface area (Å²) < 4.78 is 0. The number of nitro groups is 1. The highest BCUT2D eigenvalue weighted by Gasteiger charge is 2.09. The SMILES string of the molecule is O=[N+]([O-])c1cccc(/C=N/NC(=S)N=Nc2c(O)[nH]c3ccccc23)c1. The Bertz CT molecular complexity index is 1040. The second kappa shape index (κ2) is 7.49. The van der Waals surface area contributed by atoms with Crippen molar-refractivity contribution in [3.05, 3.63) is 64.2 Å². The van der Waals surface area contributed by atoms with Gasteiger partial charge in [-0.05, 0) is 18.3 Å². The molecule has 26 heavy (non-hydrogen) atoms. The maximum absolute atomic E-state index is 10.7. The van der Waals surface area contributed by atoms with Crippen molar-refractivity contribution in [3.8, 4) is 5.88 Å².